The lowest BCUT2D eigenvalue weighted by Crippen LogP contribution is -2.68. The van der Waals surface area contributed by atoms with Gasteiger partial charge in [-0.15, -0.1) is 0 Å². The Balaban J connectivity index is 1.51. The summed E-state index contributed by atoms with van der Waals surface area (Å²) in [4.78, 5) is 0. The van der Waals surface area contributed by atoms with Gasteiger partial charge in [-0.3, -0.25) is 0 Å². The number of rotatable bonds is 10. The first-order chi connectivity index (χ1) is 20.3. The van der Waals surface area contributed by atoms with E-state index in [1.165, 1.54) is 0 Å². The summed E-state index contributed by atoms with van der Waals surface area (Å²) in [5.74, 6) is 0. The molecule has 3 heterocycles. The van der Waals surface area contributed by atoms with Crippen molar-refractivity contribution < 1.29 is 59.1 Å². The Bertz CT molecular complexity index is 883. The van der Waals surface area contributed by atoms with E-state index < -0.39 is 116 Å². The zero-order valence-corrected chi connectivity index (χ0v) is 24.1. The van der Waals surface area contributed by atoms with Crippen LogP contribution in [-0.4, -0.2) is 160 Å². The third kappa shape index (κ3) is 7.17. The first-order valence-corrected chi connectivity index (χ1v) is 14.8. The van der Waals surface area contributed by atoms with E-state index in [4.69, 9.17) is 62.8 Å². The molecule has 18 N–H and O–H groups in total. The zero-order chi connectivity index (χ0) is 31.7. The second-order valence-corrected chi connectivity index (χ2v) is 11.9. The van der Waals surface area contributed by atoms with Crippen LogP contribution in [-0.2, 0) is 28.4 Å². The maximum Gasteiger partial charge on any atom is 0.187 e. The van der Waals surface area contributed by atoms with E-state index in [1.807, 2.05) is 6.92 Å². The van der Waals surface area contributed by atoms with Gasteiger partial charge < -0.3 is 93.5 Å². The van der Waals surface area contributed by atoms with E-state index >= 15 is 0 Å². The van der Waals surface area contributed by atoms with Crippen LogP contribution in [0, 0.1) is 0 Å². The van der Waals surface area contributed by atoms with E-state index in [0.29, 0.717) is 12.8 Å². The minimum absolute atomic E-state index is 0.115. The highest BCUT2D eigenvalue weighted by Crippen LogP contribution is 2.35. The predicted octanol–water partition coefficient (Wildman–Crippen LogP) is -7.09. The summed E-state index contributed by atoms with van der Waals surface area (Å²) in [5.41, 5.74) is 36.0. The lowest BCUT2D eigenvalue weighted by atomic mass is 9.84. The molecule has 4 rings (SSSR count). The molecule has 3 aliphatic heterocycles. The highest BCUT2D eigenvalue weighted by atomic mass is 16.8. The SMILES string of the molecule is CCC[C@H]1O[C@@H](O[C@@H]2C(O)[C@H](N)CC(N)[C@H]2O[C@H]2OC(CN)[C@@H](O)[C@H](O)C2N)C(O)[C@H]1O[C@H]1OC(CN)[C@@H](O)C(O)[C@H]1N. The highest BCUT2D eigenvalue weighted by molar-refractivity contribution is 5.02. The first-order valence-electron chi connectivity index (χ1n) is 14.8. The van der Waals surface area contributed by atoms with Crippen LogP contribution in [0.3, 0.4) is 0 Å². The largest absolute Gasteiger partial charge is 0.389 e. The summed E-state index contributed by atoms with van der Waals surface area (Å²) in [7, 11) is 0. The third-order valence-electron chi connectivity index (χ3n) is 8.76. The summed E-state index contributed by atoms with van der Waals surface area (Å²) < 4.78 is 35.6. The van der Waals surface area contributed by atoms with Gasteiger partial charge in [0.05, 0.1) is 24.3 Å². The van der Waals surface area contributed by atoms with Crippen LogP contribution in [0.15, 0.2) is 0 Å². The molecule has 0 aromatic carbocycles. The molecule has 0 radical (unpaired) electrons. The van der Waals surface area contributed by atoms with Gasteiger partial charge in [-0.05, 0) is 12.8 Å². The molecule has 3 saturated heterocycles. The minimum Gasteiger partial charge on any atom is -0.389 e. The van der Waals surface area contributed by atoms with Gasteiger partial charge in [0.15, 0.2) is 18.9 Å². The molecular weight excluding hydrogens is 576 g/mol. The van der Waals surface area contributed by atoms with Gasteiger partial charge in [-0.2, -0.15) is 0 Å². The number of aliphatic hydroxyl groups is 6. The fraction of sp³-hybridized carbons (Fsp3) is 1.00. The Hall–Kier alpha value is -0.720. The molecule has 4 fully saturated rings. The van der Waals surface area contributed by atoms with Crippen LogP contribution in [0.25, 0.3) is 0 Å². The Morgan fingerprint density at radius 1 is 0.558 bits per heavy atom. The number of nitrogens with two attached hydrogens (primary N) is 6. The number of ether oxygens (including phenoxy) is 6. The van der Waals surface area contributed by atoms with E-state index in [2.05, 4.69) is 0 Å². The van der Waals surface area contributed by atoms with Gasteiger partial charge in [0, 0.05) is 25.2 Å². The van der Waals surface area contributed by atoms with Crippen molar-refractivity contribution in [2.75, 3.05) is 13.1 Å². The average Bonchev–Trinajstić information content (AvgIpc) is 3.26. The molecule has 252 valence electrons. The van der Waals surface area contributed by atoms with Gasteiger partial charge in [-0.1, -0.05) is 13.3 Å². The van der Waals surface area contributed by atoms with E-state index in [9.17, 15) is 30.6 Å². The Kier molecular flexibility index (Phi) is 12.1. The molecule has 0 aromatic rings. The normalized spacial score (nSPS) is 52.8. The molecule has 0 amide bonds. The second kappa shape index (κ2) is 14.8. The quantitative estimate of drug-likeness (QED) is 0.107. The lowest BCUT2D eigenvalue weighted by Gasteiger charge is -2.47. The molecule has 1 saturated carbocycles. The summed E-state index contributed by atoms with van der Waals surface area (Å²) in [6.07, 6.45) is -17.0. The lowest BCUT2D eigenvalue weighted by molar-refractivity contribution is -0.306. The van der Waals surface area contributed by atoms with Crippen LogP contribution in [0.1, 0.15) is 26.2 Å². The molecule has 7 unspecified atom stereocenters. The van der Waals surface area contributed by atoms with Crippen molar-refractivity contribution in [3.05, 3.63) is 0 Å². The van der Waals surface area contributed by atoms with Gasteiger partial charge in [-0.25, -0.2) is 0 Å². The smallest absolute Gasteiger partial charge is 0.187 e. The average molecular weight is 627 g/mol. The Morgan fingerprint density at radius 3 is 1.51 bits per heavy atom. The van der Waals surface area contributed by atoms with Gasteiger partial charge in [0.2, 0.25) is 0 Å². The van der Waals surface area contributed by atoms with Crippen LogP contribution in [0.5, 0.6) is 0 Å². The minimum atomic E-state index is -1.44. The molecule has 18 heteroatoms. The summed E-state index contributed by atoms with van der Waals surface area (Å²) >= 11 is 0. The first kappa shape index (κ1) is 35.1. The molecule has 0 aromatic heterocycles. The molecule has 18 nitrogen and oxygen atoms in total. The Morgan fingerprint density at radius 2 is 1.02 bits per heavy atom. The molecule has 0 bridgehead atoms. The van der Waals surface area contributed by atoms with Crippen molar-refractivity contribution in [3.63, 3.8) is 0 Å². The van der Waals surface area contributed by atoms with Crippen molar-refractivity contribution in [2.45, 2.75) is 142 Å². The van der Waals surface area contributed by atoms with Crippen LogP contribution in [0.4, 0.5) is 0 Å². The van der Waals surface area contributed by atoms with Crippen molar-refractivity contribution >= 4 is 0 Å². The van der Waals surface area contributed by atoms with E-state index in [-0.39, 0.29) is 19.5 Å². The van der Waals surface area contributed by atoms with Gasteiger partial charge >= 0.3 is 0 Å². The molecule has 19 atom stereocenters. The standard InChI is InChI=1S/C25H50N6O12/c1-2-3-9-21(42-24-13(31)18(36)16(34)11(6-27)40-24)19(37)25(38-9)43-22-14(32)7(28)4-8(29)20(22)41-23-12(30)17(35)15(33)10(5-26)39-23/h7-25,32-37H,2-6,26-31H2,1H3/t7-,8?,9-,10?,11?,12?,13-,14?,15-,16-,17-,18?,19?,20-,21+,22-,23-,24-,25+/m1/s1. The highest BCUT2D eigenvalue weighted by Gasteiger charge is 2.54. The zero-order valence-electron chi connectivity index (χ0n) is 24.1. The summed E-state index contributed by atoms with van der Waals surface area (Å²) in [5, 5.41) is 63.6. The molecule has 0 spiro atoms. The monoisotopic (exact) mass is 626 g/mol. The maximum atomic E-state index is 11.3. The van der Waals surface area contributed by atoms with Crippen molar-refractivity contribution in [3.8, 4) is 0 Å². The van der Waals surface area contributed by atoms with Gasteiger partial charge in [0.25, 0.3) is 0 Å². The van der Waals surface area contributed by atoms with E-state index in [0.717, 1.165) is 0 Å². The van der Waals surface area contributed by atoms with Crippen LogP contribution < -0.4 is 34.4 Å². The Labute approximate surface area is 249 Å². The molecule has 4 aliphatic rings. The fourth-order valence-corrected chi connectivity index (χ4v) is 6.11. The van der Waals surface area contributed by atoms with Crippen LogP contribution >= 0.6 is 0 Å². The van der Waals surface area contributed by atoms with Crippen molar-refractivity contribution in [2.24, 2.45) is 34.4 Å². The van der Waals surface area contributed by atoms with Crippen molar-refractivity contribution in [1.82, 2.24) is 0 Å². The number of hydrogen-bond donors (Lipinski definition) is 12. The summed E-state index contributed by atoms with van der Waals surface area (Å²) in [6, 6.07) is -3.97. The number of aliphatic hydroxyl groups excluding tert-OH is 6. The number of hydrogen-bond acceptors (Lipinski definition) is 18. The molecule has 43 heavy (non-hydrogen) atoms. The van der Waals surface area contributed by atoms with E-state index in [1.54, 1.807) is 0 Å². The predicted molar refractivity (Wildman–Crippen MR) is 146 cm³/mol. The molecule has 1 aliphatic carbocycles. The molecular formula is C25H50N6O12. The fourth-order valence-electron chi connectivity index (χ4n) is 6.11. The summed E-state index contributed by atoms with van der Waals surface area (Å²) in [6.45, 7) is 1.65. The second-order valence-electron chi connectivity index (χ2n) is 11.9. The third-order valence-corrected chi connectivity index (χ3v) is 8.76. The van der Waals surface area contributed by atoms with Crippen LogP contribution in [0.2, 0.25) is 0 Å². The maximum absolute atomic E-state index is 11.3. The topological polar surface area (TPSA) is 333 Å². The van der Waals surface area contributed by atoms with Crippen molar-refractivity contribution in [1.29, 1.82) is 0 Å². The van der Waals surface area contributed by atoms with Gasteiger partial charge in [0.1, 0.15) is 61.0 Å².